The number of hydrogen-bond acceptors (Lipinski definition) is 15. The molecule has 3 N–H and O–H groups in total. The number of nitrogens with zero attached hydrogens (tertiary/aromatic N) is 10. The van der Waals surface area contributed by atoms with Crippen LogP contribution < -0.4 is 39.6 Å². The van der Waals surface area contributed by atoms with Crippen molar-refractivity contribution >= 4 is 57.1 Å². The maximum Gasteiger partial charge on any atom is 0.268 e. The summed E-state index contributed by atoms with van der Waals surface area (Å²) in [5.74, 6) is -2.28. The van der Waals surface area contributed by atoms with Gasteiger partial charge in [-0.3, -0.25) is 28.4 Å². The Hall–Kier alpha value is -18.2. The maximum atomic E-state index is 14.2. The van der Waals surface area contributed by atoms with E-state index in [2.05, 4.69) is 40.9 Å². The number of carbonyl (C=O) groups is 5. The van der Waals surface area contributed by atoms with E-state index in [-0.39, 0.29) is 141 Å². The molecule has 10 aromatic carbocycles. The van der Waals surface area contributed by atoms with Crippen LogP contribution in [0.2, 0.25) is 0 Å². The summed E-state index contributed by atoms with van der Waals surface area (Å²) in [6.45, 7) is 2.54. The van der Waals surface area contributed by atoms with E-state index in [0.29, 0.717) is 108 Å². The van der Waals surface area contributed by atoms with Crippen molar-refractivity contribution in [1.29, 1.82) is 0 Å². The van der Waals surface area contributed by atoms with Gasteiger partial charge >= 0.3 is 0 Å². The summed E-state index contributed by atoms with van der Waals surface area (Å²) in [4.78, 5) is 83.0. The first-order valence-electron chi connectivity index (χ1n) is 45.6. The van der Waals surface area contributed by atoms with Gasteiger partial charge in [0.05, 0.1) is 59.7 Å². The van der Waals surface area contributed by atoms with Crippen LogP contribution >= 0.6 is 0 Å². The average molecular weight is 1960 g/mol. The molecule has 145 heavy (non-hydrogen) atoms. The number of benzene rings is 10. The number of imidazole rings is 5. The first kappa shape index (κ1) is 99.8. The second-order valence-corrected chi connectivity index (χ2v) is 33.0. The van der Waals surface area contributed by atoms with E-state index in [1.165, 1.54) is 91.0 Å². The fraction of sp³-hybridized carbons (Fsp3) is 0.115. The molecule has 10 aromatic heterocycles. The molecule has 0 aliphatic rings. The molecule has 0 saturated heterocycles. The molecule has 730 valence electrons. The van der Waals surface area contributed by atoms with Gasteiger partial charge in [0.2, 0.25) is 0 Å². The lowest BCUT2D eigenvalue weighted by Gasteiger charge is -2.11. The van der Waals surface area contributed by atoms with Gasteiger partial charge in [-0.1, -0.05) is 109 Å². The summed E-state index contributed by atoms with van der Waals surface area (Å²) in [6, 6.07) is 75.5. The fourth-order valence-electron chi connectivity index (χ4n) is 15.1. The molecule has 0 spiro atoms. The highest BCUT2D eigenvalue weighted by Crippen LogP contribution is 2.29. The third kappa shape index (κ3) is 26.7. The second kappa shape index (κ2) is 48.1. The molecular formula is C113H90F9N13O10. The van der Waals surface area contributed by atoms with Gasteiger partial charge in [0.25, 0.3) is 17.7 Å². The Morgan fingerprint density at radius 3 is 1.30 bits per heavy atom. The van der Waals surface area contributed by atoms with E-state index in [1.807, 2.05) is 52.3 Å². The Kier molecular flexibility index (Phi) is 33.1. The van der Waals surface area contributed by atoms with Gasteiger partial charge in [-0.2, -0.15) is 0 Å². The van der Waals surface area contributed by atoms with Crippen LogP contribution in [0.4, 0.5) is 39.5 Å². The summed E-state index contributed by atoms with van der Waals surface area (Å²) in [5.41, 5.74) is 11.5. The van der Waals surface area contributed by atoms with E-state index in [1.54, 1.807) is 252 Å². The second-order valence-electron chi connectivity index (χ2n) is 33.0. The van der Waals surface area contributed by atoms with Gasteiger partial charge in [0.15, 0.2) is 11.6 Å². The molecule has 3 amide bonds. The normalized spacial score (nSPS) is 10.9. The van der Waals surface area contributed by atoms with Crippen LogP contribution in [0.25, 0.3) is 27.8 Å². The lowest BCUT2D eigenvalue weighted by molar-refractivity contribution is 0.0938. The van der Waals surface area contributed by atoms with Crippen LogP contribution in [0.1, 0.15) is 126 Å². The number of halogens is 9. The van der Waals surface area contributed by atoms with Crippen molar-refractivity contribution < 1.29 is 87.2 Å². The first-order chi connectivity index (χ1) is 70.5. The van der Waals surface area contributed by atoms with Crippen molar-refractivity contribution in [3.8, 4) is 28.7 Å². The van der Waals surface area contributed by atoms with Crippen LogP contribution in [-0.2, 0) is 65.5 Å². The van der Waals surface area contributed by atoms with Crippen molar-refractivity contribution in [2.45, 2.75) is 85.3 Å². The number of aryl methyl sites for hydroxylation is 3. The minimum absolute atomic E-state index is 0.0198. The Balaban J connectivity index is 0.000000130. The third-order valence-corrected chi connectivity index (χ3v) is 23.1. The summed E-state index contributed by atoms with van der Waals surface area (Å²) >= 11 is 0. The Bertz CT molecular complexity index is 7630. The van der Waals surface area contributed by atoms with Crippen LogP contribution in [0.3, 0.4) is 0 Å². The predicted molar refractivity (Wildman–Crippen MR) is 525 cm³/mol. The van der Waals surface area contributed by atoms with E-state index >= 15 is 0 Å². The third-order valence-electron chi connectivity index (χ3n) is 23.1. The fourth-order valence-corrected chi connectivity index (χ4v) is 15.1. The van der Waals surface area contributed by atoms with E-state index in [0.717, 1.165) is 33.5 Å². The van der Waals surface area contributed by atoms with Gasteiger partial charge in [0.1, 0.15) is 131 Å². The zero-order chi connectivity index (χ0) is 101. The summed E-state index contributed by atoms with van der Waals surface area (Å²) in [7, 11) is 0. The van der Waals surface area contributed by atoms with E-state index in [4.69, 9.17) is 23.7 Å². The van der Waals surface area contributed by atoms with Gasteiger partial charge in [-0.05, 0) is 212 Å². The number of rotatable bonds is 32. The van der Waals surface area contributed by atoms with Crippen LogP contribution in [0, 0.1) is 59.3 Å². The Labute approximate surface area is 824 Å². The van der Waals surface area contributed by atoms with Crippen LogP contribution in [0.15, 0.2) is 366 Å². The van der Waals surface area contributed by atoms with Gasteiger partial charge in [-0.25, -0.2) is 64.4 Å². The molecule has 0 aliphatic heterocycles. The number of hydrogen-bond donors (Lipinski definition) is 3. The molecule has 0 atom stereocenters. The molecule has 0 saturated carbocycles. The van der Waals surface area contributed by atoms with E-state index in [9.17, 15) is 63.5 Å². The minimum Gasteiger partial charge on any atom is -0.489 e. The smallest absolute Gasteiger partial charge is 0.268 e. The van der Waals surface area contributed by atoms with Crippen molar-refractivity contribution in [2.75, 3.05) is 0 Å². The standard InChI is InChI=1S/2C23H18F2N2O2.C23H20FN3O2.2C22H17F2N3O2/c24-21-4-2-1-3-18(21)14-29-20-6-7-22(25)16(12-20)5-8-23(28)17-9-10-27-15-26-13-19(27)11-17;24-21-4-2-1-3-18(21)14-29-20-8-9-22(25)16(11-20)6-10-23(28)17-5-7-19-12-26-15-27(19)13-17;1-16-13-25-22-12-18(9-10-27(16)22)23(28)26-14-17-5-4-7-20(11-17)29-15-19-6-2-3-8-21(19)24;23-19-6-2-1-4-15(19)14-29-17-7-8-20(24)16(12-17)13-26-22(28)18-5-3-10-27-11-9-25-21(18)27;23-19-6-2-1-4-15(19)13-29-18-8-9-20(24)16(10-18)11-26-22(28)21-7-3-5-17-12-25-14-27(17)21/h1-4,6-7,9-13,15H,5,8,14H2;1-5,7-9,11-13,15H,6,10,14H2;2-13H,14-15H2,1H3,(H,26,28);1-12H,13-14H2,(H,26,28);1-10,12,14H,11,13H2,(H,26,28). The summed E-state index contributed by atoms with van der Waals surface area (Å²) in [6.07, 6.45) is 22.9. The van der Waals surface area contributed by atoms with Crippen molar-refractivity contribution in [2.24, 2.45) is 0 Å². The quantitative estimate of drug-likeness (QED) is 0.0262. The number of nitrogens with one attached hydrogen (secondary N) is 3. The molecular weight excluding hydrogens is 1870 g/mol. The summed E-state index contributed by atoms with van der Waals surface area (Å²) in [5, 5.41) is 8.31. The number of aromatic nitrogens is 10. The molecule has 20 rings (SSSR count). The van der Waals surface area contributed by atoms with E-state index < -0.39 is 23.3 Å². The summed E-state index contributed by atoms with van der Waals surface area (Å²) < 4.78 is 162. The molecule has 23 nitrogen and oxygen atoms in total. The highest BCUT2D eigenvalue weighted by molar-refractivity contribution is 6.00. The zero-order valence-electron chi connectivity index (χ0n) is 77.6. The lowest BCUT2D eigenvalue weighted by Crippen LogP contribution is -2.25. The lowest BCUT2D eigenvalue weighted by atomic mass is 10.0. The molecule has 0 bridgehead atoms. The first-order valence-corrected chi connectivity index (χ1v) is 45.6. The SMILES string of the molecule is Cc1cnc2cc(C(=O)NCc3cccc(OCc4ccccc4F)c3)ccn12.O=C(CCc1cc(OCc2ccccc2F)ccc1F)c1ccc2cncn2c1.O=C(CCc1cc(OCc2ccccc2F)ccc1F)c1ccn2cncc2c1.O=C(NCc1cc(OCc2ccccc2F)ccc1F)c1cccc2cncn12.O=C(NCc1cc(OCc2ccccc2F)ccc1F)c1cccn2ccnc12. The minimum atomic E-state index is -0.470. The predicted octanol–water partition coefficient (Wildman–Crippen LogP) is 22.5. The number of amides is 3. The molecule has 20 aromatic rings. The zero-order valence-corrected chi connectivity index (χ0v) is 77.6. The monoisotopic (exact) mass is 1960 g/mol. The number of ketones is 2. The molecule has 0 aliphatic carbocycles. The Morgan fingerprint density at radius 2 is 0.759 bits per heavy atom. The number of pyridine rings is 5. The number of Topliss-reactive ketones (excluding diaryl/α,β-unsaturated/α-hetero) is 2. The highest BCUT2D eigenvalue weighted by Gasteiger charge is 2.21. The number of fused-ring (bicyclic) bond motifs is 5. The van der Waals surface area contributed by atoms with Gasteiger partial charge < -0.3 is 57.2 Å². The van der Waals surface area contributed by atoms with Crippen LogP contribution in [-0.4, -0.2) is 76.2 Å². The van der Waals surface area contributed by atoms with Gasteiger partial charge in [-0.15, -0.1) is 0 Å². The average Bonchev–Trinajstić information content (AvgIpc) is 1.71. The Morgan fingerprint density at radius 1 is 0.310 bits per heavy atom. The molecule has 10 heterocycles. The maximum absolute atomic E-state index is 14.2. The van der Waals surface area contributed by atoms with Crippen molar-refractivity contribution in [3.63, 3.8) is 0 Å². The topological polar surface area (TPSA) is 254 Å². The molecule has 0 fully saturated rings. The molecule has 32 heteroatoms. The highest BCUT2D eigenvalue weighted by atomic mass is 19.2. The van der Waals surface area contributed by atoms with Crippen molar-refractivity contribution in [1.82, 2.24) is 62.9 Å². The number of carbonyl (C=O) groups excluding carboxylic acids is 5. The number of ether oxygens (including phenoxy) is 5. The molecule has 0 unspecified atom stereocenters. The van der Waals surface area contributed by atoms with Crippen LogP contribution in [0.5, 0.6) is 28.7 Å². The molecule has 0 radical (unpaired) electrons. The van der Waals surface area contributed by atoms with Gasteiger partial charge in [0, 0.05) is 137 Å². The largest absolute Gasteiger partial charge is 0.489 e. The van der Waals surface area contributed by atoms with Crippen molar-refractivity contribution in [3.05, 3.63) is 508 Å².